The molecule has 2 aromatic rings. The number of aryl methyl sites for hydroxylation is 1. The average molecular weight is 484 g/mol. The predicted octanol–water partition coefficient (Wildman–Crippen LogP) is 6.30. The Hall–Kier alpha value is -2.05. The van der Waals surface area contributed by atoms with Gasteiger partial charge in [0.25, 0.3) is 0 Å². The molecule has 0 radical (unpaired) electrons. The Morgan fingerprint density at radius 3 is 2.76 bits per heavy atom. The van der Waals surface area contributed by atoms with Crippen LogP contribution in [-0.4, -0.2) is 34.8 Å². The highest BCUT2D eigenvalue weighted by atomic mass is 32.1. The van der Waals surface area contributed by atoms with Gasteiger partial charge in [0.2, 0.25) is 0 Å². The number of fused-ring (bicyclic) bond motifs is 1. The molecule has 1 saturated carbocycles. The van der Waals surface area contributed by atoms with Crippen molar-refractivity contribution in [3.05, 3.63) is 52.3 Å². The van der Waals surface area contributed by atoms with Gasteiger partial charge in [-0.05, 0) is 93.6 Å². The average Bonchev–Trinajstić information content (AvgIpc) is 3.20. The van der Waals surface area contributed by atoms with Crippen LogP contribution < -0.4 is 5.73 Å². The third kappa shape index (κ3) is 6.98. The molecule has 184 valence electrons. The van der Waals surface area contributed by atoms with Crippen molar-refractivity contribution in [1.29, 1.82) is 0 Å². The maximum Gasteiger partial charge on any atom is 0.180 e. The maximum atomic E-state index is 13.3. The summed E-state index contributed by atoms with van der Waals surface area (Å²) in [7, 11) is 0. The molecule has 0 bridgehead atoms. The maximum absolute atomic E-state index is 13.3. The number of carbonyl (C=O) groups excluding carboxylic acids is 1. The number of anilines is 1. The second kappa shape index (κ2) is 12.1. The Morgan fingerprint density at radius 2 is 2.00 bits per heavy atom. The minimum Gasteiger partial charge on any atom is -0.375 e. The fourth-order valence-electron chi connectivity index (χ4n) is 5.68. The Kier molecular flexibility index (Phi) is 8.90. The minimum atomic E-state index is -0.271. The van der Waals surface area contributed by atoms with E-state index in [2.05, 4.69) is 16.8 Å². The van der Waals surface area contributed by atoms with Gasteiger partial charge in [0.15, 0.2) is 10.9 Å². The topological polar surface area (TPSA) is 59.2 Å². The zero-order chi connectivity index (χ0) is 23.9. The lowest BCUT2D eigenvalue weighted by molar-refractivity contribution is -0.115. The van der Waals surface area contributed by atoms with Crippen molar-refractivity contribution in [1.82, 2.24) is 9.88 Å². The molecule has 2 aliphatic carbocycles. The van der Waals surface area contributed by atoms with Crippen LogP contribution in [0, 0.1) is 17.7 Å². The van der Waals surface area contributed by atoms with Crippen molar-refractivity contribution in [2.75, 3.05) is 18.8 Å². The fraction of sp³-hybridized carbons (Fsp3) is 0.571. The van der Waals surface area contributed by atoms with E-state index in [9.17, 15) is 9.18 Å². The van der Waals surface area contributed by atoms with E-state index in [1.807, 2.05) is 6.07 Å². The van der Waals surface area contributed by atoms with E-state index in [4.69, 9.17) is 5.73 Å². The number of nitrogens with two attached hydrogens (primary N) is 1. The van der Waals surface area contributed by atoms with Gasteiger partial charge in [-0.1, -0.05) is 38.0 Å². The lowest BCUT2D eigenvalue weighted by Crippen LogP contribution is -2.41. The van der Waals surface area contributed by atoms with Crippen molar-refractivity contribution < 1.29 is 9.18 Å². The molecule has 4 nitrogen and oxygen atoms in total. The summed E-state index contributed by atoms with van der Waals surface area (Å²) < 4.78 is 13.3. The van der Waals surface area contributed by atoms with Crippen LogP contribution in [0.1, 0.15) is 74.4 Å². The van der Waals surface area contributed by atoms with Crippen molar-refractivity contribution >= 4 is 28.3 Å². The van der Waals surface area contributed by atoms with Crippen LogP contribution in [0.15, 0.2) is 30.3 Å². The molecule has 0 spiro atoms. The second-order valence-electron chi connectivity index (χ2n) is 10.1. The van der Waals surface area contributed by atoms with E-state index in [1.165, 1.54) is 61.4 Å². The normalized spacial score (nSPS) is 22.9. The summed E-state index contributed by atoms with van der Waals surface area (Å²) in [4.78, 5) is 21.0. The van der Waals surface area contributed by atoms with Crippen molar-refractivity contribution in [3.8, 4) is 0 Å². The molecule has 1 atom stereocenters. The number of nitrogen functional groups attached to an aromatic ring is 1. The molecule has 2 aliphatic rings. The molecule has 0 aliphatic heterocycles. The van der Waals surface area contributed by atoms with Crippen LogP contribution in [0.3, 0.4) is 0 Å². The number of aromatic nitrogens is 1. The molecular weight excluding hydrogens is 445 g/mol. The van der Waals surface area contributed by atoms with E-state index >= 15 is 0 Å². The number of rotatable bonds is 10. The van der Waals surface area contributed by atoms with E-state index in [-0.39, 0.29) is 11.6 Å². The largest absolute Gasteiger partial charge is 0.375 e. The molecule has 1 heterocycles. The van der Waals surface area contributed by atoms with Crippen LogP contribution in [0.5, 0.6) is 0 Å². The van der Waals surface area contributed by atoms with Gasteiger partial charge in [0, 0.05) is 17.3 Å². The smallest absolute Gasteiger partial charge is 0.180 e. The van der Waals surface area contributed by atoms with Gasteiger partial charge in [-0.15, -0.1) is 11.3 Å². The number of benzene rings is 1. The van der Waals surface area contributed by atoms with Gasteiger partial charge in [-0.2, -0.15) is 0 Å². The van der Waals surface area contributed by atoms with Crippen LogP contribution in [0.2, 0.25) is 0 Å². The summed E-state index contributed by atoms with van der Waals surface area (Å²) in [5, 5.41) is 0.715. The number of allylic oxidation sites excluding steroid dienone is 1. The highest BCUT2D eigenvalue weighted by Gasteiger charge is 2.28. The zero-order valence-electron chi connectivity index (χ0n) is 20.3. The summed E-state index contributed by atoms with van der Waals surface area (Å²) in [6.07, 6.45) is 14.5. The molecule has 2 N–H and O–H groups in total. The van der Waals surface area contributed by atoms with Crippen LogP contribution in [-0.2, 0) is 17.6 Å². The summed E-state index contributed by atoms with van der Waals surface area (Å²) in [5.74, 6) is 1.14. The lowest BCUT2D eigenvalue weighted by Gasteiger charge is -2.36. The molecule has 1 aromatic heterocycles. The summed E-state index contributed by atoms with van der Waals surface area (Å²) in [5.41, 5.74) is 7.91. The van der Waals surface area contributed by atoms with Crippen LogP contribution in [0.4, 0.5) is 9.52 Å². The molecule has 34 heavy (non-hydrogen) atoms. The summed E-state index contributed by atoms with van der Waals surface area (Å²) in [6.45, 7) is 4.61. The van der Waals surface area contributed by atoms with E-state index < -0.39 is 0 Å². The van der Waals surface area contributed by atoms with Crippen LogP contribution >= 0.6 is 11.3 Å². The number of hydrogen-bond acceptors (Lipinski definition) is 5. The third-order valence-corrected chi connectivity index (χ3v) is 8.50. The second-order valence-corrected chi connectivity index (χ2v) is 11.2. The van der Waals surface area contributed by atoms with E-state index in [0.29, 0.717) is 23.5 Å². The number of carbonyl (C=O) groups is 1. The van der Waals surface area contributed by atoms with Gasteiger partial charge < -0.3 is 10.6 Å². The molecule has 6 heteroatoms. The molecule has 0 saturated heterocycles. The monoisotopic (exact) mass is 483 g/mol. The number of ketones is 1. The Balaban J connectivity index is 1.20. The Bertz CT molecular complexity index is 980. The molecular formula is C28H38FN3OS. The molecule has 0 amide bonds. The molecule has 1 fully saturated rings. The number of thiazole rings is 1. The van der Waals surface area contributed by atoms with Crippen LogP contribution in [0.25, 0.3) is 6.08 Å². The Morgan fingerprint density at radius 1 is 1.21 bits per heavy atom. The Labute approximate surface area is 207 Å². The minimum absolute atomic E-state index is 0.155. The zero-order valence-corrected chi connectivity index (χ0v) is 21.2. The SMILES string of the molecule is CCCN(CCC1CCC(CC(=O)/C=C/c2cccc(F)c2)CC1)[C@H]1CCc2nc(N)sc2C1. The van der Waals surface area contributed by atoms with Gasteiger partial charge in [-0.25, -0.2) is 9.37 Å². The van der Waals surface area contributed by atoms with Crippen molar-refractivity contribution in [3.63, 3.8) is 0 Å². The quantitative estimate of drug-likeness (QED) is 0.403. The molecule has 4 rings (SSSR count). The highest BCUT2D eigenvalue weighted by molar-refractivity contribution is 7.15. The van der Waals surface area contributed by atoms with Gasteiger partial charge in [0.05, 0.1) is 5.69 Å². The molecule has 1 aromatic carbocycles. The first-order valence-electron chi connectivity index (χ1n) is 12.9. The number of nitrogens with zero attached hydrogens (tertiary/aromatic N) is 2. The van der Waals surface area contributed by atoms with Gasteiger partial charge in [0.1, 0.15) is 5.82 Å². The van der Waals surface area contributed by atoms with Crippen molar-refractivity contribution in [2.45, 2.75) is 77.2 Å². The predicted molar refractivity (Wildman–Crippen MR) is 139 cm³/mol. The summed E-state index contributed by atoms with van der Waals surface area (Å²) in [6, 6.07) is 6.98. The third-order valence-electron chi connectivity index (χ3n) is 7.55. The lowest BCUT2D eigenvalue weighted by atomic mass is 9.78. The summed E-state index contributed by atoms with van der Waals surface area (Å²) >= 11 is 1.67. The molecule has 0 unspecified atom stereocenters. The van der Waals surface area contributed by atoms with Gasteiger partial charge >= 0.3 is 0 Å². The van der Waals surface area contributed by atoms with E-state index in [0.717, 1.165) is 43.7 Å². The van der Waals surface area contributed by atoms with Crippen molar-refractivity contribution in [2.24, 2.45) is 11.8 Å². The fourth-order valence-corrected chi connectivity index (χ4v) is 6.63. The highest BCUT2D eigenvalue weighted by Crippen LogP contribution is 2.34. The standard InChI is InChI=1S/C28H38FN3OS/c1-2-15-32(24-11-13-26-27(19-24)34-28(30)31-26)16-14-20-6-8-22(9-7-20)18-25(33)12-10-21-4-3-5-23(29)17-21/h3-5,10,12,17,20,22,24H,2,6-9,11,13-16,18-19H2,1H3,(H2,30,31)/b12-10+/t20?,22?,24-/m0/s1. The first kappa shape index (κ1) is 25.1. The number of hydrogen-bond donors (Lipinski definition) is 1. The first-order chi connectivity index (χ1) is 16.5. The van der Waals surface area contributed by atoms with E-state index in [1.54, 1.807) is 29.6 Å². The van der Waals surface area contributed by atoms with Gasteiger partial charge in [-0.3, -0.25) is 4.79 Å². The first-order valence-corrected chi connectivity index (χ1v) is 13.8. The number of halogens is 1.